The third kappa shape index (κ3) is 4.04. The maximum absolute atomic E-state index is 12.7. The summed E-state index contributed by atoms with van der Waals surface area (Å²) in [6.45, 7) is 5.06. The van der Waals surface area contributed by atoms with Gasteiger partial charge in [-0.05, 0) is 61.9 Å². The highest BCUT2D eigenvalue weighted by Crippen LogP contribution is 2.26. The summed E-state index contributed by atoms with van der Waals surface area (Å²) in [6.07, 6.45) is 3.76. The quantitative estimate of drug-likeness (QED) is 0.245. The van der Waals surface area contributed by atoms with Gasteiger partial charge in [0.15, 0.2) is 0 Å². The molecule has 168 valence electrons. The number of benzene rings is 3. The lowest BCUT2D eigenvalue weighted by Gasteiger charge is -2.12. The first-order chi connectivity index (χ1) is 16.7. The smallest absolute Gasteiger partial charge is 0.271 e. The number of hydrazone groups is 1. The molecule has 5 nitrogen and oxygen atoms in total. The molecule has 0 spiro atoms. The van der Waals surface area contributed by atoms with Crippen molar-refractivity contribution in [3.05, 3.63) is 114 Å². The van der Waals surface area contributed by atoms with E-state index in [1.54, 1.807) is 6.21 Å². The van der Waals surface area contributed by atoms with Crippen molar-refractivity contribution in [1.82, 2.24) is 14.6 Å². The first-order valence-corrected chi connectivity index (χ1v) is 11.4. The van der Waals surface area contributed by atoms with Crippen LogP contribution < -0.4 is 5.43 Å². The average Bonchev–Trinajstić information content (AvgIpc) is 3.45. The Morgan fingerprint density at radius 1 is 0.912 bits per heavy atom. The van der Waals surface area contributed by atoms with Crippen LogP contribution in [0.1, 0.15) is 28.5 Å². The molecule has 1 amide bonds. The number of aromatic nitrogens is 2. The highest BCUT2D eigenvalue weighted by Gasteiger charge is 2.11. The number of carbonyl (C=O) groups excluding carboxylic acids is 1. The van der Waals surface area contributed by atoms with E-state index in [2.05, 4.69) is 76.1 Å². The second-order valence-electron chi connectivity index (χ2n) is 8.19. The zero-order valence-corrected chi connectivity index (χ0v) is 19.3. The second kappa shape index (κ2) is 9.24. The van der Waals surface area contributed by atoms with Gasteiger partial charge in [-0.1, -0.05) is 48.5 Å². The largest absolute Gasteiger partial charge is 0.347 e. The van der Waals surface area contributed by atoms with Crippen LogP contribution in [0.15, 0.2) is 102 Å². The highest BCUT2D eigenvalue weighted by molar-refractivity contribution is 6.00. The van der Waals surface area contributed by atoms with E-state index in [-0.39, 0.29) is 5.91 Å². The van der Waals surface area contributed by atoms with Gasteiger partial charge in [0.05, 0.1) is 11.9 Å². The van der Waals surface area contributed by atoms with Crippen molar-refractivity contribution in [2.45, 2.75) is 20.4 Å². The van der Waals surface area contributed by atoms with Gasteiger partial charge in [-0.15, -0.1) is 0 Å². The Morgan fingerprint density at radius 2 is 1.65 bits per heavy atom. The second-order valence-corrected chi connectivity index (χ2v) is 8.19. The van der Waals surface area contributed by atoms with Gasteiger partial charge in [0.25, 0.3) is 5.91 Å². The van der Waals surface area contributed by atoms with Crippen LogP contribution in [0.5, 0.6) is 0 Å². The van der Waals surface area contributed by atoms with Crippen molar-refractivity contribution in [2.24, 2.45) is 5.10 Å². The topological polar surface area (TPSA) is 51.3 Å². The molecule has 34 heavy (non-hydrogen) atoms. The molecule has 0 saturated heterocycles. The highest BCUT2D eigenvalue weighted by atomic mass is 16.2. The summed E-state index contributed by atoms with van der Waals surface area (Å²) in [6, 6.07) is 30.3. The molecule has 5 rings (SSSR count). The molecule has 0 aliphatic carbocycles. The predicted molar refractivity (Wildman–Crippen MR) is 139 cm³/mol. The third-order valence-corrected chi connectivity index (χ3v) is 6.06. The monoisotopic (exact) mass is 446 g/mol. The number of nitrogens with one attached hydrogen (secondary N) is 1. The maximum Gasteiger partial charge on any atom is 0.271 e. The number of rotatable bonds is 6. The Hall–Kier alpha value is -4.38. The van der Waals surface area contributed by atoms with Crippen molar-refractivity contribution in [3.63, 3.8) is 0 Å². The summed E-state index contributed by atoms with van der Waals surface area (Å²) in [7, 11) is 0. The average molecular weight is 447 g/mol. The molecule has 0 atom stereocenters. The zero-order chi connectivity index (χ0) is 23.5. The summed E-state index contributed by atoms with van der Waals surface area (Å²) in [5.74, 6) is -0.241. The summed E-state index contributed by atoms with van der Waals surface area (Å²) < 4.78 is 4.36. The van der Waals surface area contributed by atoms with Gasteiger partial charge in [-0.3, -0.25) is 4.79 Å². The number of aryl methyl sites for hydroxylation is 2. The first kappa shape index (κ1) is 21.5. The Balaban J connectivity index is 1.33. The van der Waals surface area contributed by atoms with Gasteiger partial charge < -0.3 is 9.13 Å². The Kier molecular flexibility index (Phi) is 5.83. The first-order valence-electron chi connectivity index (χ1n) is 11.4. The van der Waals surface area contributed by atoms with Gasteiger partial charge in [0.1, 0.15) is 0 Å². The molecule has 0 unspecified atom stereocenters. The molecule has 2 aromatic heterocycles. The fourth-order valence-corrected chi connectivity index (χ4v) is 4.34. The van der Waals surface area contributed by atoms with E-state index in [1.165, 1.54) is 0 Å². The number of fused-ring (bicyclic) bond motifs is 1. The number of amides is 1. The van der Waals surface area contributed by atoms with Crippen LogP contribution in [-0.2, 0) is 6.54 Å². The lowest BCUT2D eigenvalue weighted by atomic mass is 10.1. The van der Waals surface area contributed by atoms with Crippen LogP contribution in [0.2, 0.25) is 0 Å². The van der Waals surface area contributed by atoms with E-state index in [9.17, 15) is 4.79 Å². The number of hydrogen-bond donors (Lipinski definition) is 1. The summed E-state index contributed by atoms with van der Waals surface area (Å²) in [5.41, 5.74) is 9.75. The van der Waals surface area contributed by atoms with Crippen molar-refractivity contribution in [3.8, 4) is 16.9 Å². The lowest BCUT2D eigenvalue weighted by Crippen LogP contribution is -2.17. The molecule has 1 N–H and O–H groups in total. The van der Waals surface area contributed by atoms with Crippen LogP contribution in [0, 0.1) is 6.92 Å². The number of hydrogen-bond acceptors (Lipinski definition) is 2. The third-order valence-electron chi connectivity index (χ3n) is 6.06. The standard InChI is InChI=1S/C29H26N4O/c1-3-32-20-24(26-11-7-8-12-28(26)32)19-30-31-29(34)23-14-16-25(17-15-23)33-21(2)13-18-27(33)22-9-5-4-6-10-22/h4-20H,3H2,1-2H3,(H,31,34)/b30-19+. The summed E-state index contributed by atoms with van der Waals surface area (Å²) in [5, 5.41) is 5.33. The molecule has 0 fully saturated rings. The molecular weight excluding hydrogens is 420 g/mol. The molecule has 0 radical (unpaired) electrons. The van der Waals surface area contributed by atoms with Crippen LogP contribution in [0.25, 0.3) is 27.8 Å². The molecule has 0 aliphatic rings. The summed E-state index contributed by atoms with van der Waals surface area (Å²) >= 11 is 0. The van der Waals surface area contributed by atoms with Crippen molar-refractivity contribution in [2.75, 3.05) is 0 Å². The van der Waals surface area contributed by atoms with Gasteiger partial charge in [-0.25, -0.2) is 5.43 Å². The number of nitrogens with zero attached hydrogens (tertiary/aromatic N) is 3. The Labute approximate surface area is 199 Å². The lowest BCUT2D eigenvalue weighted by molar-refractivity contribution is 0.0955. The Bertz CT molecular complexity index is 1470. The Morgan fingerprint density at radius 3 is 2.41 bits per heavy atom. The van der Waals surface area contributed by atoms with Crippen LogP contribution in [0.3, 0.4) is 0 Å². The van der Waals surface area contributed by atoms with Gasteiger partial charge in [-0.2, -0.15) is 5.10 Å². The molecule has 0 bridgehead atoms. The molecule has 2 heterocycles. The van der Waals surface area contributed by atoms with Crippen molar-refractivity contribution in [1.29, 1.82) is 0 Å². The maximum atomic E-state index is 12.7. The molecular formula is C29H26N4O. The van der Waals surface area contributed by atoms with E-state index in [4.69, 9.17) is 0 Å². The van der Waals surface area contributed by atoms with E-state index >= 15 is 0 Å². The summed E-state index contributed by atoms with van der Waals surface area (Å²) in [4.78, 5) is 12.7. The van der Waals surface area contributed by atoms with Crippen LogP contribution >= 0.6 is 0 Å². The van der Waals surface area contributed by atoms with Crippen LogP contribution in [0.4, 0.5) is 0 Å². The van der Waals surface area contributed by atoms with Crippen molar-refractivity contribution < 1.29 is 4.79 Å². The molecule has 3 aromatic carbocycles. The minimum absolute atomic E-state index is 0.241. The van der Waals surface area contributed by atoms with E-state index in [0.717, 1.165) is 45.6 Å². The normalized spacial score (nSPS) is 11.4. The number of carbonyl (C=O) groups is 1. The molecule has 0 saturated carbocycles. The fraction of sp³-hybridized carbons (Fsp3) is 0.103. The fourth-order valence-electron chi connectivity index (χ4n) is 4.34. The van der Waals surface area contributed by atoms with Crippen LogP contribution in [-0.4, -0.2) is 21.3 Å². The van der Waals surface area contributed by atoms with E-state index in [1.807, 2.05) is 54.6 Å². The van der Waals surface area contributed by atoms with E-state index < -0.39 is 0 Å². The van der Waals surface area contributed by atoms with Gasteiger partial charge in [0, 0.05) is 46.2 Å². The minimum atomic E-state index is -0.241. The molecule has 5 aromatic rings. The van der Waals surface area contributed by atoms with Gasteiger partial charge >= 0.3 is 0 Å². The molecule has 0 aliphatic heterocycles. The van der Waals surface area contributed by atoms with E-state index in [0.29, 0.717) is 5.56 Å². The SMILES string of the molecule is CCn1cc(/C=N/NC(=O)c2ccc(-n3c(C)ccc3-c3ccccc3)cc2)c2ccccc21. The minimum Gasteiger partial charge on any atom is -0.347 e. The predicted octanol–water partition coefficient (Wildman–Crippen LogP) is 6.19. The molecule has 5 heteroatoms. The van der Waals surface area contributed by atoms with Crippen molar-refractivity contribution >= 4 is 23.0 Å². The zero-order valence-electron chi connectivity index (χ0n) is 19.3. The number of para-hydroxylation sites is 1. The van der Waals surface area contributed by atoms with Gasteiger partial charge in [0.2, 0.25) is 0 Å².